The van der Waals surface area contributed by atoms with E-state index in [-0.39, 0.29) is 17.6 Å². The molecule has 1 aromatic carbocycles. The molecule has 3 heterocycles. The molecule has 7 heteroatoms. The summed E-state index contributed by atoms with van der Waals surface area (Å²) in [5.41, 5.74) is 1.60. The molecule has 1 saturated heterocycles. The molecule has 26 heavy (non-hydrogen) atoms. The molecule has 136 valence electrons. The Kier molecular flexibility index (Phi) is 4.57. The molecule has 0 radical (unpaired) electrons. The largest absolute Gasteiger partial charge is 0.379 e. The number of aromatic nitrogens is 4. The third-order valence-corrected chi connectivity index (χ3v) is 5.05. The van der Waals surface area contributed by atoms with Crippen LogP contribution in [0.15, 0.2) is 41.3 Å². The third kappa shape index (κ3) is 3.04. The number of aryl methyl sites for hydroxylation is 1. The highest BCUT2D eigenvalue weighted by molar-refractivity contribution is 5.42. The van der Waals surface area contributed by atoms with E-state index in [0.29, 0.717) is 11.3 Å². The topological polar surface area (TPSA) is 75.5 Å². The van der Waals surface area contributed by atoms with E-state index in [4.69, 9.17) is 4.74 Å². The molecule has 7 nitrogen and oxygen atoms in total. The molecule has 2 unspecified atom stereocenters. The van der Waals surface area contributed by atoms with Gasteiger partial charge in [0.25, 0.3) is 5.56 Å². The number of fused-ring (bicyclic) bond motifs is 1. The lowest BCUT2D eigenvalue weighted by molar-refractivity contribution is 0.0945. The summed E-state index contributed by atoms with van der Waals surface area (Å²) < 4.78 is 7.37. The van der Waals surface area contributed by atoms with Gasteiger partial charge in [0.1, 0.15) is 11.6 Å². The number of rotatable bonds is 5. The zero-order valence-corrected chi connectivity index (χ0v) is 15.1. The van der Waals surface area contributed by atoms with Crippen LogP contribution in [0.3, 0.4) is 0 Å². The van der Waals surface area contributed by atoms with Crippen molar-refractivity contribution < 1.29 is 4.74 Å². The van der Waals surface area contributed by atoms with Crippen LogP contribution in [0.1, 0.15) is 30.1 Å². The fraction of sp³-hybridized carbons (Fsp3) is 0.421. The van der Waals surface area contributed by atoms with Crippen LogP contribution in [-0.4, -0.2) is 50.8 Å². The molecule has 3 aromatic rings. The number of ether oxygens (including phenoxy) is 1. The lowest BCUT2D eigenvalue weighted by Gasteiger charge is -2.16. The first-order chi connectivity index (χ1) is 12.7. The van der Waals surface area contributed by atoms with E-state index in [2.05, 4.69) is 44.2 Å². The highest BCUT2D eigenvalue weighted by Gasteiger charge is 2.36. The zero-order chi connectivity index (χ0) is 18.1. The fourth-order valence-corrected chi connectivity index (χ4v) is 3.70. The van der Waals surface area contributed by atoms with Gasteiger partial charge in [0, 0.05) is 33.2 Å². The molecule has 0 saturated carbocycles. The van der Waals surface area contributed by atoms with Crippen LogP contribution in [-0.2, 0) is 17.7 Å². The minimum atomic E-state index is -0.154. The Morgan fingerprint density at radius 1 is 1.27 bits per heavy atom. The lowest BCUT2D eigenvalue weighted by Crippen LogP contribution is -2.26. The van der Waals surface area contributed by atoms with E-state index in [9.17, 15) is 4.79 Å². The van der Waals surface area contributed by atoms with Crippen molar-refractivity contribution in [3.63, 3.8) is 0 Å². The average molecular weight is 353 g/mol. The first-order valence-corrected chi connectivity index (χ1v) is 8.95. The van der Waals surface area contributed by atoms with Gasteiger partial charge >= 0.3 is 0 Å². The van der Waals surface area contributed by atoms with Crippen LogP contribution in [0.2, 0.25) is 0 Å². The van der Waals surface area contributed by atoms with Crippen LogP contribution in [0, 0.1) is 0 Å². The summed E-state index contributed by atoms with van der Waals surface area (Å²) in [4.78, 5) is 22.0. The minimum Gasteiger partial charge on any atom is -0.379 e. The maximum Gasteiger partial charge on any atom is 0.276 e. The molecular weight excluding hydrogens is 330 g/mol. The van der Waals surface area contributed by atoms with Gasteiger partial charge in [-0.25, -0.2) is 9.50 Å². The van der Waals surface area contributed by atoms with Gasteiger partial charge in [-0.15, -0.1) is 0 Å². The van der Waals surface area contributed by atoms with Gasteiger partial charge in [-0.2, -0.15) is 5.10 Å². The maximum atomic E-state index is 12.4. The summed E-state index contributed by atoms with van der Waals surface area (Å²) >= 11 is 0. The molecule has 0 amide bonds. The van der Waals surface area contributed by atoms with Crippen molar-refractivity contribution in [3.8, 4) is 0 Å². The van der Waals surface area contributed by atoms with Crippen molar-refractivity contribution in [2.24, 2.45) is 0 Å². The number of nitrogens with zero attached hydrogens (tertiary/aromatic N) is 4. The second kappa shape index (κ2) is 7.01. The molecule has 1 fully saturated rings. The number of methoxy groups -OCH3 is 1. The van der Waals surface area contributed by atoms with Gasteiger partial charge in [-0.1, -0.05) is 37.3 Å². The molecular formula is C19H23N5O2. The van der Waals surface area contributed by atoms with Gasteiger partial charge in [-0.3, -0.25) is 9.69 Å². The highest BCUT2D eigenvalue weighted by Crippen LogP contribution is 2.28. The van der Waals surface area contributed by atoms with Gasteiger partial charge < -0.3 is 9.72 Å². The Morgan fingerprint density at radius 2 is 2.08 bits per heavy atom. The van der Waals surface area contributed by atoms with E-state index < -0.39 is 0 Å². The minimum absolute atomic E-state index is 0.00656. The Morgan fingerprint density at radius 3 is 2.81 bits per heavy atom. The van der Waals surface area contributed by atoms with Crippen molar-refractivity contribution in [1.29, 1.82) is 0 Å². The molecule has 0 bridgehead atoms. The number of aromatic amines is 1. The predicted molar refractivity (Wildman–Crippen MR) is 98.2 cm³/mol. The Hall–Kier alpha value is -2.51. The van der Waals surface area contributed by atoms with Gasteiger partial charge in [0.05, 0.1) is 18.2 Å². The first kappa shape index (κ1) is 16.9. The highest BCUT2D eigenvalue weighted by atomic mass is 16.5. The third-order valence-electron chi connectivity index (χ3n) is 5.05. The Balaban J connectivity index is 1.63. The van der Waals surface area contributed by atoms with Gasteiger partial charge in [0.15, 0.2) is 5.52 Å². The smallest absolute Gasteiger partial charge is 0.276 e. The fourth-order valence-electron chi connectivity index (χ4n) is 3.70. The average Bonchev–Trinajstić information content (AvgIpc) is 3.26. The van der Waals surface area contributed by atoms with Crippen LogP contribution in [0.25, 0.3) is 5.52 Å². The zero-order valence-electron chi connectivity index (χ0n) is 15.1. The van der Waals surface area contributed by atoms with E-state index in [0.717, 1.165) is 31.9 Å². The number of hydrogen-bond donors (Lipinski definition) is 1. The molecule has 1 N–H and O–H groups in total. The van der Waals surface area contributed by atoms with Crippen molar-refractivity contribution in [2.45, 2.75) is 31.9 Å². The summed E-state index contributed by atoms with van der Waals surface area (Å²) in [6.07, 6.45) is 2.30. The molecule has 4 rings (SSSR count). The van der Waals surface area contributed by atoms with Crippen molar-refractivity contribution in [3.05, 3.63) is 64.1 Å². The standard InChI is InChI=1S/C19H23N5O2/c1-3-17-20-9-15-19(25)21-18(22-24(15)17)14-11-23(12-16(14)26-2)10-13-7-5-4-6-8-13/h4-9,14,16H,3,10-12H2,1-2H3,(H,21,22,25). The number of nitrogens with one attached hydrogen (secondary N) is 1. The molecule has 2 atom stereocenters. The maximum absolute atomic E-state index is 12.4. The number of benzene rings is 1. The first-order valence-electron chi connectivity index (χ1n) is 8.95. The van der Waals surface area contributed by atoms with Gasteiger partial charge in [0.2, 0.25) is 0 Å². The monoisotopic (exact) mass is 353 g/mol. The SMILES string of the molecule is CCc1ncc2c(=O)[nH]c(C3CN(Cc4ccccc4)CC3OC)nn12. The van der Waals surface area contributed by atoms with Crippen molar-refractivity contribution >= 4 is 5.52 Å². The molecule has 0 spiro atoms. The lowest BCUT2D eigenvalue weighted by atomic mass is 10.1. The molecule has 0 aliphatic carbocycles. The van der Waals surface area contributed by atoms with Crippen LogP contribution in [0.5, 0.6) is 0 Å². The summed E-state index contributed by atoms with van der Waals surface area (Å²) in [5, 5.41) is 4.68. The summed E-state index contributed by atoms with van der Waals surface area (Å²) in [7, 11) is 1.72. The molecule has 2 aromatic heterocycles. The van der Waals surface area contributed by atoms with E-state index in [1.165, 1.54) is 5.56 Å². The normalized spacial score (nSPS) is 20.8. The number of hydrogen-bond acceptors (Lipinski definition) is 5. The van der Waals surface area contributed by atoms with E-state index in [1.54, 1.807) is 17.8 Å². The number of likely N-dealkylation sites (tertiary alicyclic amines) is 1. The van der Waals surface area contributed by atoms with Crippen LogP contribution >= 0.6 is 0 Å². The number of H-pyrrole nitrogens is 1. The second-order valence-corrected chi connectivity index (χ2v) is 6.72. The Bertz CT molecular complexity index is 949. The predicted octanol–water partition coefficient (Wildman–Crippen LogP) is 1.59. The van der Waals surface area contributed by atoms with Crippen molar-refractivity contribution in [1.82, 2.24) is 24.5 Å². The van der Waals surface area contributed by atoms with Gasteiger partial charge in [-0.05, 0) is 5.56 Å². The van der Waals surface area contributed by atoms with E-state index in [1.807, 2.05) is 13.0 Å². The van der Waals surface area contributed by atoms with Crippen molar-refractivity contribution in [2.75, 3.05) is 20.2 Å². The molecule has 1 aliphatic heterocycles. The summed E-state index contributed by atoms with van der Waals surface area (Å²) in [6, 6.07) is 10.4. The number of imidazole rings is 1. The van der Waals surface area contributed by atoms with Crippen LogP contribution in [0.4, 0.5) is 0 Å². The second-order valence-electron chi connectivity index (χ2n) is 6.72. The Labute approximate surface area is 151 Å². The molecule has 1 aliphatic rings. The summed E-state index contributed by atoms with van der Waals surface area (Å²) in [5.74, 6) is 1.48. The quantitative estimate of drug-likeness (QED) is 0.754. The van der Waals surface area contributed by atoms with Crippen LogP contribution < -0.4 is 5.56 Å². The summed E-state index contributed by atoms with van der Waals surface area (Å²) in [6.45, 7) is 4.46. The van der Waals surface area contributed by atoms with E-state index >= 15 is 0 Å².